The van der Waals surface area contributed by atoms with Gasteiger partial charge in [-0.25, -0.2) is 0 Å². The maximum atomic E-state index is 12.0. The van der Waals surface area contributed by atoms with Crippen molar-refractivity contribution in [3.05, 3.63) is 22.4 Å². The molecule has 0 aliphatic carbocycles. The van der Waals surface area contributed by atoms with Crippen LogP contribution in [0.25, 0.3) is 0 Å². The van der Waals surface area contributed by atoms with E-state index in [1.54, 1.807) is 11.3 Å². The number of amides is 1. The summed E-state index contributed by atoms with van der Waals surface area (Å²) in [6.45, 7) is 2.56. The molecule has 1 atom stereocenters. The van der Waals surface area contributed by atoms with Crippen LogP contribution < -0.4 is 5.32 Å². The Balaban J connectivity index is 0.00000128. The maximum absolute atomic E-state index is 12.0. The molecule has 5 heteroatoms. The normalized spacial score (nSPS) is 19.2. The molecule has 1 amide bonds. The second-order valence-corrected chi connectivity index (χ2v) is 5.00. The molecule has 1 unspecified atom stereocenters. The summed E-state index contributed by atoms with van der Waals surface area (Å²) < 4.78 is 0. The predicted octanol–water partition coefficient (Wildman–Crippen LogP) is 1.74. The molecule has 2 rings (SSSR count). The maximum Gasteiger partial charge on any atom is 0.227 e. The van der Waals surface area contributed by atoms with Crippen LogP contribution in [-0.4, -0.2) is 30.9 Å². The molecule has 1 N–H and O–H groups in total. The largest absolute Gasteiger partial charge is 0.340 e. The number of hydrogen-bond acceptors (Lipinski definition) is 3. The van der Waals surface area contributed by atoms with Crippen LogP contribution in [-0.2, 0) is 11.3 Å². The molecule has 0 bridgehead atoms. The number of rotatable bonds is 3. The lowest BCUT2D eigenvalue weighted by Crippen LogP contribution is -2.33. The van der Waals surface area contributed by atoms with Crippen LogP contribution in [0.15, 0.2) is 17.5 Å². The summed E-state index contributed by atoms with van der Waals surface area (Å²) in [6, 6.07) is 4.09. The van der Waals surface area contributed by atoms with Crippen LogP contribution in [0.2, 0.25) is 0 Å². The SMILES string of the molecule is CN(Cc1cccs1)C(=O)C1CCNC1.Cl. The minimum Gasteiger partial charge on any atom is -0.340 e. The smallest absolute Gasteiger partial charge is 0.227 e. The molecular weight excluding hydrogens is 244 g/mol. The average Bonchev–Trinajstić information content (AvgIpc) is 2.88. The lowest BCUT2D eigenvalue weighted by Gasteiger charge is -2.19. The first-order chi connectivity index (χ1) is 7.27. The number of thiophene rings is 1. The molecule has 1 aliphatic heterocycles. The number of halogens is 1. The second-order valence-electron chi connectivity index (χ2n) is 3.96. The number of nitrogens with one attached hydrogen (secondary N) is 1. The Labute approximate surface area is 106 Å². The van der Waals surface area contributed by atoms with E-state index < -0.39 is 0 Å². The van der Waals surface area contributed by atoms with Crippen LogP contribution >= 0.6 is 23.7 Å². The molecule has 3 nitrogen and oxygen atoms in total. The summed E-state index contributed by atoms with van der Waals surface area (Å²) in [5, 5.41) is 5.27. The van der Waals surface area contributed by atoms with E-state index in [9.17, 15) is 4.79 Å². The Morgan fingerprint density at radius 3 is 3.06 bits per heavy atom. The third-order valence-corrected chi connectivity index (χ3v) is 3.62. The van der Waals surface area contributed by atoms with Gasteiger partial charge in [0.15, 0.2) is 0 Å². The van der Waals surface area contributed by atoms with E-state index in [-0.39, 0.29) is 24.2 Å². The van der Waals surface area contributed by atoms with E-state index in [1.165, 1.54) is 4.88 Å². The van der Waals surface area contributed by atoms with Crippen molar-refractivity contribution in [1.29, 1.82) is 0 Å². The van der Waals surface area contributed by atoms with Gasteiger partial charge in [-0.05, 0) is 24.4 Å². The number of nitrogens with zero attached hydrogens (tertiary/aromatic N) is 1. The van der Waals surface area contributed by atoms with Crippen LogP contribution in [0.4, 0.5) is 0 Å². The second kappa shape index (κ2) is 6.23. The first-order valence-electron chi connectivity index (χ1n) is 5.25. The molecule has 0 radical (unpaired) electrons. The molecule has 0 saturated carbocycles. The Morgan fingerprint density at radius 2 is 2.50 bits per heavy atom. The molecule has 2 heterocycles. The van der Waals surface area contributed by atoms with E-state index in [1.807, 2.05) is 23.4 Å². The van der Waals surface area contributed by atoms with Gasteiger partial charge < -0.3 is 10.2 Å². The fourth-order valence-corrected chi connectivity index (χ4v) is 2.65. The van der Waals surface area contributed by atoms with Crippen molar-refractivity contribution < 1.29 is 4.79 Å². The fourth-order valence-electron chi connectivity index (χ4n) is 1.89. The zero-order chi connectivity index (χ0) is 10.7. The van der Waals surface area contributed by atoms with Crippen LogP contribution in [0.5, 0.6) is 0 Å². The fraction of sp³-hybridized carbons (Fsp3) is 0.545. The Bertz CT molecular complexity index is 323. The molecule has 16 heavy (non-hydrogen) atoms. The van der Waals surface area contributed by atoms with Gasteiger partial charge in [-0.2, -0.15) is 0 Å². The third kappa shape index (κ3) is 3.20. The van der Waals surface area contributed by atoms with E-state index in [0.29, 0.717) is 0 Å². The van der Waals surface area contributed by atoms with E-state index in [2.05, 4.69) is 11.4 Å². The monoisotopic (exact) mass is 260 g/mol. The molecule has 1 aromatic rings. The first kappa shape index (κ1) is 13.5. The molecule has 1 aromatic heterocycles. The molecule has 1 fully saturated rings. The Kier molecular flexibility index (Phi) is 5.25. The Morgan fingerprint density at radius 1 is 1.69 bits per heavy atom. The predicted molar refractivity (Wildman–Crippen MR) is 69.0 cm³/mol. The summed E-state index contributed by atoms with van der Waals surface area (Å²) in [7, 11) is 1.89. The average molecular weight is 261 g/mol. The summed E-state index contributed by atoms with van der Waals surface area (Å²) in [5.41, 5.74) is 0. The summed E-state index contributed by atoms with van der Waals surface area (Å²) >= 11 is 1.70. The van der Waals surface area contributed by atoms with Crippen molar-refractivity contribution in [3.63, 3.8) is 0 Å². The minimum absolute atomic E-state index is 0. The quantitative estimate of drug-likeness (QED) is 0.898. The van der Waals surface area contributed by atoms with Crippen molar-refractivity contribution in [2.24, 2.45) is 5.92 Å². The molecular formula is C11H17ClN2OS. The molecule has 1 saturated heterocycles. The van der Waals surface area contributed by atoms with Crippen molar-refractivity contribution in [2.45, 2.75) is 13.0 Å². The minimum atomic E-state index is 0. The number of hydrogen-bond donors (Lipinski definition) is 1. The summed E-state index contributed by atoms with van der Waals surface area (Å²) in [6.07, 6.45) is 0.980. The zero-order valence-electron chi connectivity index (χ0n) is 9.31. The van der Waals surface area contributed by atoms with Gasteiger partial charge in [0.05, 0.1) is 12.5 Å². The van der Waals surface area contributed by atoms with Gasteiger partial charge >= 0.3 is 0 Å². The summed E-state index contributed by atoms with van der Waals surface area (Å²) in [4.78, 5) is 15.0. The third-order valence-electron chi connectivity index (χ3n) is 2.76. The van der Waals surface area contributed by atoms with Crippen molar-refractivity contribution in [1.82, 2.24) is 10.2 Å². The van der Waals surface area contributed by atoms with Gasteiger partial charge in [0.25, 0.3) is 0 Å². The van der Waals surface area contributed by atoms with Gasteiger partial charge in [-0.15, -0.1) is 23.7 Å². The summed E-state index contributed by atoms with van der Waals surface area (Å²) in [5.74, 6) is 0.461. The van der Waals surface area contributed by atoms with Crippen LogP contribution in [0.3, 0.4) is 0 Å². The Hall–Kier alpha value is -0.580. The molecule has 90 valence electrons. The van der Waals surface area contributed by atoms with Gasteiger partial charge in [-0.3, -0.25) is 4.79 Å². The molecule has 0 spiro atoms. The highest BCUT2D eigenvalue weighted by Crippen LogP contribution is 2.15. The first-order valence-corrected chi connectivity index (χ1v) is 6.13. The van der Waals surface area contributed by atoms with Crippen molar-refractivity contribution in [3.8, 4) is 0 Å². The molecule has 0 aromatic carbocycles. The van der Waals surface area contributed by atoms with Crippen LogP contribution in [0.1, 0.15) is 11.3 Å². The van der Waals surface area contributed by atoms with Gasteiger partial charge in [-0.1, -0.05) is 6.07 Å². The topological polar surface area (TPSA) is 32.3 Å². The zero-order valence-corrected chi connectivity index (χ0v) is 10.9. The highest BCUT2D eigenvalue weighted by atomic mass is 35.5. The highest BCUT2D eigenvalue weighted by molar-refractivity contribution is 7.09. The van der Waals surface area contributed by atoms with E-state index in [4.69, 9.17) is 0 Å². The van der Waals surface area contributed by atoms with E-state index >= 15 is 0 Å². The highest BCUT2D eigenvalue weighted by Gasteiger charge is 2.25. The lowest BCUT2D eigenvalue weighted by molar-refractivity contribution is -0.134. The van der Waals surface area contributed by atoms with Gasteiger partial charge in [0.2, 0.25) is 5.91 Å². The lowest BCUT2D eigenvalue weighted by atomic mass is 10.1. The van der Waals surface area contributed by atoms with Crippen molar-refractivity contribution >= 4 is 29.7 Å². The van der Waals surface area contributed by atoms with Gasteiger partial charge in [0.1, 0.15) is 0 Å². The van der Waals surface area contributed by atoms with Crippen LogP contribution in [0, 0.1) is 5.92 Å². The van der Waals surface area contributed by atoms with Crippen molar-refractivity contribution in [2.75, 3.05) is 20.1 Å². The standard InChI is InChI=1S/C11H16N2OS.ClH/c1-13(8-10-3-2-6-15-10)11(14)9-4-5-12-7-9;/h2-3,6,9,12H,4-5,7-8H2,1H3;1H. The van der Waals surface area contributed by atoms with Gasteiger partial charge in [0, 0.05) is 18.5 Å². The molecule has 1 aliphatic rings. The van der Waals surface area contributed by atoms with E-state index in [0.717, 1.165) is 26.1 Å². The number of carbonyl (C=O) groups excluding carboxylic acids is 1. The number of carbonyl (C=O) groups is 1.